The van der Waals surface area contributed by atoms with E-state index in [1.165, 1.54) is 18.2 Å². The molecule has 0 N–H and O–H groups in total. The van der Waals surface area contributed by atoms with E-state index in [0.29, 0.717) is 27.9 Å². The first kappa shape index (κ1) is 23.9. The molecule has 0 spiro atoms. The lowest BCUT2D eigenvalue weighted by Crippen LogP contribution is -2.35. The first-order chi connectivity index (χ1) is 15.2. The summed E-state index contributed by atoms with van der Waals surface area (Å²) in [4.78, 5) is 26.4. The molecule has 2 aromatic rings. The molecule has 0 saturated carbocycles. The van der Waals surface area contributed by atoms with Gasteiger partial charge in [-0.2, -0.15) is 13.2 Å². The lowest BCUT2D eigenvalue weighted by molar-refractivity contribution is -0.137. The number of carbonyl (C=O) groups excluding carboxylic acids is 2. The Morgan fingerprint density at radius 3 is 2.18 bits per heavy atom. The first-order valence-corrected chi connectivity index (χ1v) is 11.7. The predicted octanol–water partition coefficient (Wildman–Crippen LogP) is 7.95. The molecule has 1 aliphatic carbocycles. The molecule has 3 nitrogen and oxygen atoms in total. The van der Waals surface area contributed by atoms with E-state index < -0.39 is 27.5 Å². The Labute approximate surface area is 200 Å². The Kier molecular flexibility index (Phi) is 5.73. The van der Waals surface area contributed by atoms with Crippen LogP contribution in [0.25, 0.3) is 6.08 Å². The van der Waals surface area contributed by atoms with Crippen molar-refractivity contribution in [2.45, 2.75) is 57.5 Å². The average molecular weight is 494 g/mol. The number of fused-ring (bicyclic) bond motifs is 1. The quantitative estimate of drug-likeness (QED) is 0.398. The summed E-state index contributed by atoms with van der Waals surface area (Å²) in [6.45, 7) is 7.86. The minimum Gasteiger partial charge on any atom is -0.279 e. The summed E-state index contributed by atoms with van der Waals surface area (Å²) in [5, 5.41) is -0.953. The molecule has 1 aliphatic heterocycles. The number of benzene rings is 2. The minimum absolute atomic E-state index is 0.120. The molecular weight excluding hydrogens is 471 g/mol. The van der Waals surface area contributed by atoms with Gasteiger partial charge in [-0.1, -0.05) is 51.4 Å². The first-order valence-electron chi connectivity index (χ1n) is 10.5. The van der Waals surface area contributed by atoms with Gasteiger partial charge >= 0.3 is 6.18 Å². The van der Waals surface area contributed by atoms with Gasteiger partial charge < -0.3 is 0 Å². The maximum atomic E-state index is 14.3. The highest BCUT2D eigenvalue weighted by Gasteiger charge is 2.46. The lowest BCUT2D eigenvalue weighted by Gasteiger charge is -2.43. The molecule has 1 fully saturated rings. The van der Waals surface area contributed by atoms with Crippen molar-refractivity contribution >= 4 is 45.5 Å². The standard InChI is InChI=1S/C25H23ClF3NO2S/c1-23(2)8-9-24(3,4)17-13-19(18(12-16(17)23)25(27,28)29)30-20(21(31)33-22(30)32)11-14-6-5-7-15(26)10-14/h5-7,10-13H,8-9H2,1-4H3. The molecule has 174 valence electrons. The molecule has 4 rings (SSSR count). The molecule has 0 aromatic heterocycles. The van der Waals surface area contributed by atoms with Gasteiger partial charge in [-0.15, -0.1) is 0 Å². The van der Waals surface area contributed by atoms with Gasteiger partial charge in [-0.3, -0.25) is 14.5 Å². The van der Waals surface area contributed by atoms with Crippen molar-refractivity contribution in [2.24, 2.45) is 0 Å². The topological polar surface area (TPSA) is 37.4 Å². The van der Waals surface area contributed by atoms with Crippen LogP contribution in [-0.2, 0) is 21.8 Å². The van der Waals surface area contributed by atoms with E-state index >= 15 is 0 Å². The summed E-state index contributed by atoms with van der Waals surface area (Å²) in [5.74, 6) is 0. The van der Waals surface area contributed by atoms with Crippen molar-refractivity contribution in [1.82, 2.24) is 0 Å². The largest absolute Gasteiger partial charge is 0.418 e. The van der Waals surface area contributed by atoms with Gasteiger partial charge in [-0.05, 0) is 70.7 Å². The van der Waals surface area contributed by atoms with Gasteiger partial charge in [0.05, 0.1) is 11.3 Å². The fourth-order valence-corrected chi connectivity index (χ4v) is 5.39. The van der Waals surface area contributed by atoms with Crippen molar-refractivity contribution < 1.29 is 22.8 Å². The van der Waals surface area contributed by atoms with Crippen LogP contribution in [-0.4, -0.2) is 10.4 Å². The van der Waals surface area contributed by atoms with Crippen molar-refractivity contribution in [3.8, 4) is 0 Å². The summed E-state index contributed by atoms with van der Waals surface area (Å²) in [6, 6.07) is 9.19. The Hall–Kier alpha value is -2.25. The van der Waals surface area contributed by atoms with Crippen molar-refractivity contribution in [1.29, 1.82) is 0 Å². The van der Waals surface area contributed by atoms with Crippen molar-refractivity contribution in [3.63, 3.8) is 0 Å². The Morgan fingerprint density at radius 2 is 1.61 bits per heavy atom. The summed E-state index contributed by atoms with van der Waals surface area (Å²) in [5.41, 5.74) is -0.272. The van der Waals surface area contributed by atoms with Crippen molar-refractivity contribution in [2.75, 3.05) is 4.90 Å². The zero-order valence-corrected chi connectivity index (χ0v) is 20.2. The second-order valence-electron chi connectivity index (χ2n) is 9.76. The molecule has 2 aromatic carbocycles. The van der Waals surface area contributed by atoms with Crippen LogP contribution in [0.3, 0.4) is 0 Å². The van der Waals surface area contributed by atoms with Crippen LogP contribution in [0.1, 0.15) is 62.8 Å². The van der Waals surface area contributed by atoms with Gasteiger partial charge in [0.1, 0.15) is 5.70 Å². The van der Waals surface area contributed by atoms with E-state index in [0.717, 1.165) is 23.3 Å². The number of hydrogen-bond donors (Lipinski definition) is 0. The number of thioether (sulfide) groups is 1. The van der Waals surface area contributed by atoms with Gasteiger partial charge in [0.25, 0.3) is 5.24 Å². The summed E-state index contributed by atoms with van der Waals surface area (Å²) < 4.78 is 42.8. The van der Waals surface area contributed by atoms with Crippen LogP contribution in [0.2, 0.25) is 5.02 Å². The molecular formula is C25H23ClF3NO2S. The third kappa shape index (κ3) is 4.33. The second kappa shape index (κ2) is 7.91. The Bertz CT molecular complexity index is 1200. The zero-order valence-electron chi connectivity index (χ0n) is 18.6. The zero-order chi connectivity index (χ0) is 24.3. The van der Waals surface area contributed by atoms with Gasteiger partial charge in [0, 0.05) is 16.8 Å². The van der Waals surface area contributed by atoms with Gasteiger partial charge in [0.2, 0.25) is 5.12 Å². The number of amides is 1. The van der Waals surface area contributed by atoms with Crippen molar-refractivity contribution in [3.05, 3.63) is 69.4 Å². The summed E-state index contributed by atoms with van der Waals surface area (Å²) in [6.07, 6.45) is -1.76. The number of hydrogen-bond acceptors (Lipinski definition) is 3. The molecule has 1 saturated heterocycles. The molecule has 2 aliphatic rings. The highest BCUT2D eigenvalue weighted by atomic mass is 35.5. The van der Waals surface area contributed by atoms with Crippen LogP contribution in [0, 0.1) is 0 Å². The number of alkyl halides is 3. The van der Waals surface area contributed by atoms with E-state index in [2.05, 4.69) is 0 Å². The SMILES string of the molecule is CC1(C)CCC(C)(C)c2cc(C(F)(F)F)c(N3C(=O)SC(=O)C3=Cc3cccc(Cl)c3)cc21. The molecule has 0 radical (unpaired) electrons. The molecule has 0 unspecified atom stereocenters. The van der Waals surface area contributed by atoms with Crippen LogP contribution in [0.4, 0.5) is 23.7 Å². The smallest absolute Gasteiger partial charge is 0.279 e. The molecule has 33 heavy (non-hydrogen) atoms. The van der Waals surface area contributed by atoms with Gasteiger partial charge in [0.15, 0.2) is 0 Å². The third-order valence-corrected chi connectivity index (χ3v) is 7.47. The van der Waals surface area contributed by atoms with E-state index in [1.807, 2.05) is 27.7 Å². The predicted molar refractivity (Wildman–Crippen MR) is 127 cm³/mol. The van der Waals surface area contributed by atoms with Gasteiger partial charge in [-0.25, -0.2) is 0 Å². The average Bonchev–Trinajstić information content (AvgIpc) is 2.97. The van der Waals surface area contributed by atoms with E-state index in [-0.39, 0.29) is 16.8 Å². The van der Waals surface area contributed by atoms with Crippen LogP contribution < -0.4 is 4.90 Å². The second-order valence-corrected chi connectivity index (χ2v) is 11.1. The number of carbonyl (C=O) groups is 2. The molecule has 0 bridgehead atoms. The fraction of sp³-hybridized carbons (Fsp3) is 0.360. The summed E-state index contributed by atoms with van der Waals surface area (Å²) >= 11 is 6.41. The van der Waals surface area contributed by atoms with Crippen LogP contribution in [0.15, 0.2) is 42.1 Å². The lowest BCUT2D eigenvalue weighted by atomic mass is 9.62. The summed E-state index contributed by atoms with van der Waals surface area (Å²) in [7, 11) is 0. The number of anilines is 1. The molecule has 8 heteroatoms. The number of nitrogens with zero attached hydrogens (tertiary/aromatic N) is 1. The van der Waals surface area contributed by atoms with E-state index in [1.54, 1.807) is 24.3 Å². The highest BCUT2D eigenvalue weighted by Crippen LogP contribution is 2.51. The maximum Gasteiger partial charge on any atom is 0.418 e. The normalized spacial score (nSPS) is 21.0. The fourth-order valence-electron chi connectivity index (χ4n) is 4.49. The Morgan fingerprint density at radius 1 is 1.00 bits per heavy atom. The molecule has 1 amide bonds. The number of halogens is 4. The maximum absolute atomic E-state index is 14.3. The van der Waals surface area contributed by atoms with Crippen LogP contribution >= 0.6 is 23.4 Å². The monoisotopic (exact) mass is 493 g/mol. The highest BCUT2D eigenvalue weighted by molar-refractivity contribution is 8.27. The van der Waals surface area contributed by atoms with E-state index in [4.69, 9.17) is 11.6 Å². The Balaban J connectivity index is 1.98. The van der Waals surface area contributed by atoms with E-state index in [9.17, 15) is 22.8 Å². The molecule has 0 atom stereocenters. The number of rotatable bonds is 2. The van der Waals surface area contributed by atoms with Crippen LogP contribution in [0.5, 0.6) is 0 Å². The molecule has 1 heterocycles. The third-order valence-electron chi connectivity index (χ3n) is 6.48. The minimum atomic E-state index is -4.71.